The third-order valence-electron chi connectivity index (χ3n) is 3.36. The Bertz CT molecular complexity index is 366. The van der Waals surface area contributed by atoms with E-state index in [1.807, 2.05) is 0 Å². The smallest absolute Gasteiger partial charge is 0.408 e. The van der Waals surface area contributed by atoms with Gasteiger partial charge in [0.1, 0.15) is 6.04 Å². The van der Waals surface area contributed by atoms with Crippen molar-refractivity contribution in [2.75, 3.05) is 7.11 Å². The Labute approximate surface area is 92.1 Å². The zero-order chi connectivity index (χ0) is 11.9. The number of nitrogens with zero attached hydrogens (tertiary/aromatic N) is 1. The summed E-state index contributed by atoms with van der Waals surface area (Å²) >= 11 is 0. The fourth-order valence-corrected chi connectivity index (χ4v) is 2.49. The fourth-order valence-electron chi connectivity index (χ4n) is 2.49. The van der Waals surface area contributed by atoms with E-state index < -0.39 is 18.1 Å². The molecule has 0 aromatic heterocycles. The fraction of sp³-hybridized carbons (Fsp3) is 0.600. The second kappa shape index (κ2) is 3.40. The number of piperidine rings is 1. The first-order valence-corrected chi connectivity index (χ1v) is 4.96. The first-order valence-electron chi connectivity index (χ1n) is 4.96. The van der Waals surface area contributed by atoms with Crippen LogP contribution in [0, 0.1) is 5.41 Å². The van der Waals surface area contributed by atoms with Crippen LogP contribution in [0.4, 0.5) is 4.79 Å². The molecule has 1 amide bonds. The molecule has 0 unspecified atom stereocenters. The third kappa shape index (κ3) is 1.41. The molecule has 2 fully saturated rings. The third-order valence-corrected chi connectivity index (χ3v) is 3.36. The summed E-state index contributed by atoms with van der Waals surface area (Å²) in [5.41, 5.74) is -0.322. The lowest BCUT2D eigenvalue weighted by atomic mass is 10.00. The molecule has 6 heteroatoms. The molecule has 16 heavy (non-hydrogen) atoms. The summed E-state index contributed by atoms with van der Waals surface area (Å²) in [6.07, 6.45) is 3.12. The highest BCUT2D eigenvalue weighted by Gasteiger charge is 2.66. The maximum absolute atomic E-state index is 11.0. The van der Waals surface area contributed by atoms with E-state index in [4.69, 9.17) is 14.9 Å². The Morgan fingerprint density at radius 1 is 1.44 bits per heavy atom. The minimum atomic E-state index is -1.16. The van der Waals surface area contributed by atoms with Crippen molar-refractivity contribution in [3.8, 4) is 0 Å². The summed E-state index contributed by atoms with van der Waals surface area (Å²) in [4.78, 5) is 23.0. The molecule has 0 bridgehead atoms. The molecule has 0 aromatic rings. The Morgan fingerprint density at radius 3 is 2.56 bits per heavy atom. The summed E-state index contributed by atoms with van der Waals surface area (Å²) in [7, 11) is 1.50. The second-order valence-corrected chi connectivity index (χ2v) is 4.24. The molecule has 1 heterocycles. The van der Waals surface area contributed by atoms with Crippen molar-refractivity contribution in [3.63, 3.8) is 0 Å². The number of carbonyl (C=O) groups is 2. The van der Waals surface area contributed by atoms with E-state index in [1.54, 1.807) is 6.08 Å². The summed E-state index contributed by atoms with van der Waals surface area (Å²) < 4.78 is 4.79. The van der Waals surface area contributed by atoms with Gasteiger partial charge in [0.15, 0.2) is 0 Å². The second-order valence-electron chi connectivity index (χ2n) is 4.24. The normalized spacial score (nSPS) is 36.2. The number of methoxy groups -OCH3 is 1. The van der Waals surface area contributed by atoms with Crippen molar-refractivity contribution in [1.29, 1.82) is 0 Å². The zero-order valence-electron chi connectivity index (χ0n) is 8.79. The molecule has 1 aliphatic heterocycles. The van der Waals surface area contributed by atoms with E-state index >= 15 is 0 Å². The van der Waals surface area contributed by atoms with Crippen LogP contribution in [-0.2, 0) is 9.53 Å². The van der Waals surface area contributed by atoms with E-state index in [0.717, 1.165) is 4.90 Å². The van der Waals surface area contributed by atoms with E-state index in [2.05, 4.69) is 0 Å². The molecule has 3 atom stereocenters. The number of carboxylic acid groups (broad SMARTS) is 2. The number of likely N-dealkylation sites (tertiary alicyclic amines) is 1. The molecular weight excluding hydrogens is 214 g/mol. The van der Waals surface area contributed by atoms with Crippen LogP contribution >= 0.6 is 0 Å². The number of rotatable bonds is 3. The minimum Gasteiger partial charge on any atom is -0.505 e. The van der Waals surface area contributed by atoms with Gasteiger partial charge < -0.3 is 14.9 Å². The van der Waals surface area contributed by atoms with E-state index in [-0.39, 0.29) is 11.5 Å². The van der Waals surface area contributed by atoms with Crippen LogP contribution in [0.5, 0.6) is 0 Å². The van der Waals surface area contributed by atoms with Gasteiger partial charge in [-0.2, -0.15) is 0 Å². The van der Waals surface area contributed by atoms with Crippen LogP contribution in [0.3, 0.4) is 0 Å². The van der Waals surface area contributed by atoms with Crippen molar-refractivity contribution in [3.05, 3.63) is 12.3 Å². The number of hydrogen-bond acceptors (Lipinski definition) is 3. The maximum atomic E-state index is 11.0. The van der Waals surface area contributed by atoms with Gasteiger partial charge in [0.25, 0.3) is 0 Å². The molecule has 0 radical (unpaired) electrons. The molecular formula is C10H13NO5. The van der Waals surface area contributed by atoms with Gasteiger partial charge in [-0.1, -0.05) is 0 Å². The molecule has 0 spiro atoms. The van der Waals surface area contributed by atoms with Crippen molar-refractivity contribution >= 4 is 12.1 Å². The lowest BCUT2D eigenvalue weighted by Gasteiger charge is -2.20. The first-order chi connectivity index (χ1) is 7.52. The van der Waals surface area contributed by atoms with Crippen molar-refractivity contribution in [2.45, 2.75) is 24.9 Å². The quantitative estimate of drug-likeness (QED) is 0.694. The van der Waals surface area contributed by atoms with Gasteiger partial charge in [0.2, 0.25) is 0 Å². The highest BCUT2D eigenvalue weighted by atomic mass is 16.5. The topological polar surface area (TPSA) is 87.1 Å². The lowest BCUT2D eigenvalue weighted by Crippen LogP contribution is -2.42. The number of ether oxygens (including phenoxy) is 1. The zero-order valence-corrected chi connectivity index (χ0v) is 8.79. The van der Waals surface area contributed by atoms with Crippen LogP contribution in [0.2, 0.25) is 0 Å². The lowest BCUT2D eigenvalue weighted by molar-refractivity contribution is -0.142. The molecule has 2 N–H and O–H groups in total. The summed E-state index contributed by atoms with van der Waals surface area (Å²) in [5, 5.41) is 17.9. The summed E-state index contributed by atoms with van der Waals surface area (Å²) in [6, 6.07) is -1.14. The van der Waals surface area contributed by atoms with Crippen LogP contribution < -0.4 is 0 Å². The number of carboxylic acids is 1. The average molecular weight is 227 g/mol. The number of fused-ring (bicyclic) bond motifs is 1. The monoisotopic (exact) mass is 227 g/mol. The van der Waals surface area contributed by atoms with Crippen LogP contribution in [0.25, 0.3) is 0 Å². The van der Waals surface area contributed by atoms with Gasteiger partial charge in [-0.15, -0.1) is 0 Å². The molecule has 6 nitrogen and oxygen atoms in total. The standard InChI is InChI=1S/C10H13NO5/c1-16-3-2-10-4-6(8(12)13)11(9(14)15)7(10)5-10/h2-3,6-7H,4-5H2,1H3,(H,12,13)(H,14,15)/b3-2+/t6-,7-,10+/m0/s1. The largest absolute Gasteiger partial charge is 0.505 e. The molecule has 88 valence electrons. The van der Waals surface area contributed by atoms with Crippen molar-refractivity contribution < 1.29 is 24.5 Å². The molecule has 1 aliphatic carbocycles. The van der Waals surface area contributed by atoms with Crippen LogP contribution in [0.15, 0.2) is 12.3 Å². The highest BCUT2D eigenvalue weighted by molar-refractivity contribution is 5.81. The Kier molecular flexibility index (Phi) is 2.29. The number of aliphatic carboxylic acids is 1. The van der Waals surface area contributed by atoms with E-state index in [9.17, 15) is 9.59 Å². The molecule has 2 aliphatic rings. The maximum Gasteiger partial charge on any atom is 0.408 e. The number of hydrogen-bond donors (Lipinski definition) is 2. The molecule has 2 rings (SSSR count). The van der Waals surface area contributed by atoms with Crippen molar-refractivity contribution in [1.82, 2.24) is 4.90 Å². The van der Waals surface area contributed by atoms with Crippen LogP contribution in [0.1, 0.15) is 12.8 Å². The van der Waals surface area contributed by atoms with Gasteiger partial charge in [0.05, 0.1) is 13.4 Å². The predicted molar refractivity (Wildman–Crippen MR) is 52.9 cm³/mol. The van der Waals surface area contributed by atoms with Gasteiger partial charge >= 0.3 is 12.1 Å². The van der Waals surface area contributed by atoms with Gasteiger partial charge in [-0.05, 0) is 18.9 Å². The Morgan fingerprint density at radius 2 is 2.12 bits per heavy atom. The summed E-state index contributed by atoms with van der Waals surface area (Å²) in [6.45, 7) is 0. The average Bonchev–Trinajstić information content (AvgIpc) is 2.80. The summed E-state index contributed by atoms with van der Waals surface area (Å²) in [5.74, 6) is -1.08. The number of amides is 1. The Balaban J connectivity index is 2.19. The molecule has 1 saturated heterocycles. The van der Waals surface area contributed by atoms with Gasteiger partial charge in [-0.25, -0.2) is 9.59 Å². The van der Waals surface area contributed by atoms with E-state index in [0.29, 0.717) is 12.8 Å². The first kappa shape index (κ1) is 10.8. The van der Waals surface area contributed by atoms with Crippen LogP contribution in [-0.4, -0.2) is 46.4 Å². The predicted octanol–water partition coefficient (Wildman–Crippen LogP) is 0.742. The minimum absolute atomic E-state index is 0.211. The van der Waals surface area contributed by atoms with Gasteiger partial charge in [0, 0.05) is 11.5 Å². The van der Waals surface area contributed by atoms with Gasteiger partial charge in [-0.3, -0.25) is 4.90 Å². The van der Waals surface area contributed by atoms with E-state index in [1.165, 1.54) is 13.4 Å². The highest BCUT2D eigenvalue weighted by Crippen LogP contribution is 2.60. The Hall–Kier alpha value is -1.72. The van der Waals surface area contributed by atoms with Crippen molar-refractivity contribution in [2.24, 2.45) is 5.41 Å². The molecule has 0 aromatic carbocycles. The SMILES string of the molecule is CO/C=C/[C@@]12C[C@@H]1N(C(=O)O)[C@H](C(=O)O)C2. The molecule has 1 saturated carbocycles.